The van der Waals surface area contributed by atoms with Crippen LogP contribution in [0.4, 0.5) is 23.7 Å². The molecular weight excluding hydrogens is 649 g/mol. The van der Waals surface area contributed by atoms with Gasteiger partial charge in [-0.05, 0) is 80.5 Å². The first kappa shape index (κ1) is 31.4. The van der Waals surface area contributed by atoms with Crippen LogP contribution in [-0.2, 0) is 21.0 Å². The Balaban J connectivity index is 1.66. The number of amides is 3. The standard InChI is InChI=1S/C27H31BrClF3N4O4S/c1-2-23(25(37)35-13-3-4-17(16-35)15-33-26(38)34-20-8-9-20)36(41(39,40)21-10-6-19(28)7-11-21)24-14-18(27(30,31)32)5-12-22(24)29/h5-7,10-12,14,17,20,23H,2-4,8-9,13,15-16H2,1H3,(H2,33,34,38). The van der Waals surface area contributed by atoms with Crippen molar-refractivity contribution in [2.75, 3.05) is 23.9 Å². The van der Waals surface area contributed by atoms with Gasteiger partial charge in [0, 0.05) is 30.1 Å². The first-order valence-electron chi connectivity index (χ1n) is 13.3. The summed E-state index contributed by atoms with van der Waals surface area (Å²) in [6, 6.07) is 6.56. The van der Waals surface area contributed by atoms with Gasteiger partial charge >= 0.3 is 12.2 Å². The number of carbonyl (C=O) groups excluding carboxylic acids is 2. The average Bonchev–Trinajstić information content (AvgIpc) is 3.74. The minimum Gasteiger partial charge on any atom is -0.341 e. The van der Waals surface area contributed by atoms with Crippen LogP contribution in [0.2, 0.25) is 5.02 Å². The maximum Gasteiger partial charge on any atom is 0.416 e. The third kappa shape index (κ3) is 7.66. The molecule has 2 aliphatic rings. The van der Waals surface area contributed by atoms with Gasteiger partial charge in [-0.1, -0.05) is 34.5 Å². The SMILES string of the molecule is CCC(C(=O)N1CCCC(CNC(=O)NC2CC2)C1)N(c1cc(C(F)(F)F)ccc1Cl)S(=O)(=O)c1ccc(Br)cc1. The van der Waals surface area contributed by atoms with E-state index in [4.69, 9.17) is 11.6 Å². The van der Waals surface area contributed by atoms with Gasteiger partial charge in [-0.3, -0.25) is 9.10 Å². The molecule has 3 amide bonds. The second-order valence-electron chi connectivity index (χ2n) is 10.3. The molecule has 1 aliphatic carbocycles. The lowest BCUT2D eigenvalue weighted by atomic mass is 9.97. The summed E-state index contributed by atoms with van der Waals surface area (Å²) >= 11 is 9.59. The molecule has 8 nitrogen and oxygen atoms in total. The van der Waals surface area contributed by atoms with Crippen LogP contribution in [0.1, 0.15) is 44.6 Å². The number of halogens is 5. The van der Waals surface area contributed by atoms with E-state index in [0.717, 1.165) is 35.7 Å². The van der Waals surface area contributed by atoms with Gasteiger partial charge in [0.05, 0.1) is 21.2 Å². The first-order valence-corrected chi connectivity index (χ1v) is 15.9. The van der Waals surface area contributed by atoms with E-state index in [-0.39, 0.29) is 40.9 Å². The number of nitrogens with zero attached hydrogens (tertiary/aromatic N) is 2. The molecule has 1 aliphatic heterocycles. The monoisotopic (exact) mass is 678 g/mol. The van der Waals surface area contributed by atoms with Crippen molar-refractivity contribution < 1.29 is 31.2 Å². The lowest BCUT2D eigenvalue weighted by Gasteiger charge is -2.39. The number of sulfonamides is 1. The quantitative estimate of drug-likeness (QED) is 0.351. The number of hydrogen-bond donors (Lipinski definition) is 2. The molecule has 2 N–H and O–H groups in total. The van der Waals surface area contributed by atoms with E-state index >= 15 is 0 Å². The van der Waals surface area contributed by atoms with Crippen molar-refractivity contribution in [2.45, 2.75) is 62.2 Å². The fourth-order valence-corrected chi connectivity index (χ4v) is 7.04. The lowest BCUT2D eigenvalue weighted by molar-refractivity contribution is -0.137. The number of hydrogen-bond acceptors (Lipinski definition) is 4. The molecule has 2 atom stereocenters. The second kappa shape index (κ2) is 12.8. The zero-order chi connectivity index (χ0) is 29.9. The Hall–Kier alpha value is -2.51. The van der Waals surface area contributed by atoms with Crippen molar-refractivity contribution in [1.29, 1.82) is 0 Å². The number of rotatable bonds is 9. The molecule has 2 fully saturated rings. The van der Waals surface area contributed by atoms with E-state index in [0.29, 0.717) is 30.0 Å². The van der Waals surface area contributed by atoms with Gasteiger partial charge in [0.2, 0.25) is 5.91 Å². The third-order valence-corrected chi connectivity index (χ3v) is 9.82. The summed E-state index contributed by atoms with van der Waals surface area (Å²) in [5.41, 5.74) is -1.53. The van der Waals surface area contributed by atoms with Crippen molar-refractivity contribution in [3.05, 3.63) is 57.5 Å². The van der Waals surface area contributed by atoms with E-state index in [1.54, 1.807) is 6.92 Å². The van der Waals surface area contributed by atoms with E-state index in [9.17, 15) is 31.2 Å². The molecule has 41 heavy (non-hydrogen) atoms. The number of piperidine rings is 1. The van der Waals surface area contributed by atoms with E-state index in [1.807, 2.05) is 0 Å². The van der Waals surface area contributed by atoms with Crippen LogP contribution in [0.15, 0.2) is 51.8 Å². The molecule has 1 heterocycles. The van der Waals surface area contributed by atoms with Crippen molar-refractivity contribution in [3.8, 4) is 0 Å². The molecule has 1 saturated carbocycles. The Morgan fingerprint density at radius 3 is 2.44 bits per heavy atom. The van der Waals surface area contributed by atoms with Gasteiger partial charge in [0.1, 0.15) is 6.04 Å². The molecule has 14 heteroatoms. The van der Waals surface area contributed by atoms with Gasteiger partial charge in [-0.25, -0.2) is 13.2 Å². The molecule has 0 radical (unpaired) electrons. The van der Waals surface area contributed by atoms with Crippen LogP contribution in [0.5, 0.6) is 0 Å². The number of benzene rings is 2. The number of anilines is 1. The first-order chi connectivity index (χ1) is 19.3. The summed E-state index contributed by atoms with van der Waals surface area (Å²) in [4.78, 5) is 27.3. The number of alkyl halides is 3. The maximum atomic E-state index is 14.0. The highest BCUT2D eigenvalue weighted by Crippen LogP contribution is 2.39. The smallest absolute Gasteiger partial charge is 0.341 e. The van der Waals surface area contributed by atoms with Crippen LogP contribution in [0.3, 0.4) is 0 Å². The molecular formula is C27H31BrClF3N4O4S. The van der Waals surface area contributed by atoms with Gasteiger partial charge in [-0.2, -0.15) is 13.2 Å². The molecule has 0 spiro atoms. The summed E-state index contributed by atoms with van der Waals surface area (Å²) in [7, 11) is -4.54. The van der Waals surface area contributed by atoms with Gasteiger partial charge in [-0.15, -0.1) is 0 Å². The van der Waals surface area contributed by atoms with Gasteiger partial charge in [0.25, 0.3) is 10.0 Å². The Kier molecular flexibility index (Phi) is 9.80. The lowest BCUT2D eigenvalue weighted by Crippen LogP contribution is -2.54. The van der Waals surface area contributed by atoms with E-state index in [1.165, 1.54) is 29.2 Å². The van der Waals surface area contributed by atoms with Crippen molar-refractivity contribution in [1.82, 2.24) is 15.5 Å². The van der Waals surface area contributed by atoms with Crippen molar-refractivity contribution in [2.24, 2.45) is 5.92 Å². The van der Waals surface area contributed by atoms with Crippen molar-refractivity contribution in [3.63, 3.8) is 0 Å². The highest BCUT2D eigenvalue weighted by molar-refractivity contribution is 9.10. The van der Waals surface area contributed by atoms with Gasteiger partial charge < -0.3 is 15.5 Å². The van der Waals surface area contributed by atoms with Gasteiger partial charge in [0.15, 0.2) is 0 Å². The minimum atomic E-state index is -4.77. The Labute approximate surface area is 250 Å². The van der Waals surface area contributed by atoms with E-state index in [2.05, 4.69) is 26.6 Å². The van der Waals surface area contributed by atoms with Crippen LogP contribution in [0, 0.1) is 5.92 Å². The van der Waals surface area contributed by atoms with Crippen LogP contribution < -0.4 is 14.9 Å². The summed E-state index contributed by atoms with van der Waals surface area (Å²) in [6.45, 7) is 2.54. The topological polar surface area (TPSA) is 98.8 Å². The predicted molar refractivity (Wildman–Crippen MR) is 153 cm³/mol. The zero-order valence-corrected chi connectivity index (χ0v) is 25.4. The normalized spacial score (nSPS) is 18.5. The van der Waals surface area contributed by atoms with Crippen LogP contribution >= 0.6 is 27.5 Å². The summed E-state index contributed by atoms with van der Waals surface area (Å²) in [5, 5.41) is 5.43. The number of urea groups is 1. The predicted octanol–water partition coefficient (Wildman–Crippen LogP) is 5.80. The zero-order valence-electron chi connectivity index (χ0n) is 22.3. The molecule has 1 saturated heterocycles. The molecule has 4 rings (SSSR count). The second-order valence-corrected chi connectivity index (χ2v) is 13.4. The number of carbonyl (C=O) groups is 2. The molecule has 0 aromatic heterocycles. The molecule has 0 bridgehead atoms. The summed E-state index contributed by atoms with van der Waals surface area (Å²) < 4.78 is 70.4. The third-order valence-electron chi connectivity index (χ3n) is 7.13. The van der Waals surface area contributed by atoms with Crippen LogP contribution in [0.25, 0.3) is 0 Å². The molecule has 2 aromatic rings. The van der Waals surface area contributed by atoms with Crippen LogP contribution in [-0.4, -0.2) is 57.0 Å². The fraction of sp³-hybridized carbons (Fsp3) is 0.481. The van der Waals surface area contributed by atoms with Crippen molar-refractivity contribution >= 4 is 55.2 Å². The highest BCUT2D eigenvalue weighted by Gasteiger charge is 2.41. The summed E-state index contributed by atoms with van der Waals surface area (Å²) in [5.74, 6) is -0.613. The summed E-state index contributed by atoms with van der Waals surface area (Å²) in [6.07, 6.45) is -1.51. The number of nitrogens with one attached hydrogen (secondary N) is 2. The number of likely N-dealkylation sites (tertiary alicyclic amines) is 1. The fourth-order valence-electron chi connectivity index (χ4n) is 4.83. The molecule has 2 unspecified atom stereocenters. The average molecular weight is 680 g/mol. The Morgan fingerprint density at radius 2 is 1.83 bits per heavy atom. The van der Waals surface area contributed by atoms with E-state index < -0.39 is 39.4 Å². The highest BCUT2D eigenvalue weighted by atomic mass is 79.9. The largest absolute Gasteiger partial charge is 0.416 e. The minimum absolute atomic E-state index is 0.0234. The maximum absolute atomic E-state index is 14.0. The Bertz CT molecular complexity index is 1370. The molecule has 224 valence electrons. The molecule has 2 aromatic carbocycles. The Morgan fingerprint density at radius 1 is 1.15 bits per heavy atom.